The molecule has 0 saturated heterocycles. The molecule has 2 heterocycles. The molecule has 0 atom stereocenters. The molecule has 0 aliphatic rings. The van der Waals surface area contributed by atoms with E-state index in [4.69, 9.17) is 4.84 Å². The number of anilines is 1. The standard InChI is InChI=1S/C25H26N4O3S/c1-18-6-4-5-7-24(18)25-19(2)20(15-29(25)16-22-14-26-12-13-27-22)17-32-28-21-8-10-23(11-9-21)33(3,30)31/h4-15,28H,16-17H2,1-3H3. The molecule has 2 aromatic heterocycles. The summed E-state index contributed by atoms with van der Waals surface area (Å²) in [5.74, 6) is 0. The molecular weight excluding hydrogens is 436 g/mol. The Kier molecular flexibility index (Phi) is 6.57. The maximum Gasteiger partial charge on any atom is 0.175 e. The molecule has 0 saturated carbocycles. The van der Waals surface area contributed by atoms with E-state index in [1.54, 1.807) is 42.9 Å². The summed E-state index contributed by atoms with van der Waals surface area (Å²) < 4.78 is 25.4. The minimum atomic E-state index is -3.23. The first-order valence-corrected chi connectivity index (χ1v) is 12.4. The van der Waals surface area contributed by atoms with Gasteiger partial charge in [0.15, 0.2) is 9.84 Å². The van der Waals surface area contributed by atoms with Crippen LogP contribution in [-0.2, 0) is 27.8 Å². The van der Waals surface area contributed by atoms with Crippen molar-refractivity contribution in [3.8, 4) is 11.3 Å². The second kappa shape index (κ2) is 9.56. The zero-order valence-corrected chi connectivity index (χ0v) is 19.6. The number of benzene rings is 2. The highest BCUT2D eigenvalue weighted by molar-refractivity contribution is 7.90. The van der Waals surface area contributed by atoms with Gasteiger partial charge in [0, 0.05) is 36.0 Å². The van der Waals surface area contributed by atoms with Gasteiger partial charge in [-0.2, -0.15) is 0 Å². The van der Waals surface area contributed by atoms with E-state index in [-0.39, 0.29) is 4.90 Å². The van der Waals surface area contributed by atoms with Crippen molar-refractivity contribution in [3.05, 3.63) is 95.7 Å². The predicted octanol–water partition coefficient (Wildman–Crippen LogP) is 4.56. The Labute approximate surface area is 194 Å². The monoisotopic (exact) mass is 462 g/mol. The lowest BCUT2D eigenvalue weighted by molar-refractivity contribution is 0.180. The van der Waals surface area contributed by atoms with Crippen LogP contribution in [0.3, 0.4) is 0 Å². The molecule has 0 amide bonds. The number of nitrogens with one attached hydrogen (secondary N) is 1. The van der Waals surface area contributed by atoms with E-state index in [2.05, 4.69) is 52.2 Å². The molecule has 0 fully saturated rings. The van der Waals surface area contributed by atoms with Crippen LogP contribution in [0.1, 0.15) is 22.4 Å². The van der Waals surface area contributed by atoms with Crippen LogP contribution in [0.25, 0.3) is 11.3 Å². The highest BCUT2D eigenvalue weighted by atomic mass is 32.2. The van der Waals surface area contributed by atoms with Gasteiger partial charge >= 0.3 is 0 Å². The number of nitrogens with zero attached hydrogens (tertiary/aromatic N) is 3. The molecule has 2 aromatic carbocycles. The lowest BCUT2D eigenvalue weighted by Gasteiger charge is -2.12. The molecule has 8 heteroatoms. The van der Waals surface area contributed by atoms with Crippen molar-refractivity contribution >= 4 is 15.5 Å². The van der Waals surface area contributed by atoms with Gasteiger partial charge in [0.2, 0.25) is 0 Å². The maximum atomic E-state index is 11.6. The first-order valence-electron chi connectivity index (χ1n) is 10.5. The molecule has 33 heavy (non-hydrogen) atoms. The quantitative estimate of drug-likeness (QED) is 0.387. The Hall–Kier alpha value is -3.49. The Balaban J connectivity index is 1.57. The fraction of sp³-hybridized carbons (Fsp3) is 0.200. The molecule has 0 aliphatic heterocycles. The van der Waals surface area contributed by atoms with Gasteiger partial charge in [0.05, 0.1) is 34.7 Å². The van der Waals surface area contributed by atoms with Gasteiger partial charge in [-0.15, -0.1) is 0 Å². The fourth-order valence-corrected chi connectivity index (χ4v) is 4.37. The lowest BCUT2D eigenvalue weighted by Crippen LogP contribution is -2.04. The molecule has 4 aromatic rings. The van der Waals surface area contributed by atoms with E-state index < -0.39 is 9.84 Å². The minimum absolute atomic E-state index is 0.271. The largest absolute Gasteiger partial charge is 0.341 e. The van der Waals surface area contributed by atoms with Crippen LogP contribution >= 0.6 is 0 Å². The van der Waals surface area contributed by atoms with Crippen molar-refractivity contribution in [2.75, 3.05) is 11.7 Å². The highest BCUT2D eigenvalue weighted by Crippen LogP contribution is 2.31. The average molecular weight is 463 g/mol. The molecule has 4 rings (SSSR count). The fourth-order valence-electron chi connectivity index (χ4n) is 3.74. The third-order valence-corrected chi connectivity index (χ3v) is 6.61. The van der Waals surface area contributed by atoms with Gasteiger partial charge in [0.1, 0.15) is 6.61 Å². The van der Waals surface area contributed by atoms with E-state index in [0.29, 0.717) is 18.8 Å². The zero-order chi connectivity index (χ0) is 23.4. The van der Waals surface area contributed by atoms with Crippen LogP contribution in [-0.4, -0.2) is 29.2 Å². The van der Waals surface area contributed by atoms with Crippen LogP contribution in [0.5, 0.6) is 0 Å². The second-order valence-corrected chi connectivity index (χ2v) is 9.97. The van der Waals surface area contributed by atoms with E-state index in [1.165, 1.54) is 11.8 Å². The third kappa shape index (κ3) is 5.30. The maximum absolute atomic E-state index is 11.6. The number of hydrogen-bond donors (Lipinski definition) is 1. The van der Waals surface area contributed by atoms with Crippen molar-refractivity contribution in [1.82, 2.24) is 14.5 Å². The average Bonchev–Trinajstić information content (AvgIpc) is 3.09. The molecule has 0 spiro atoms. The van der Waals surface area contributed by atoms with Crippen molar-refractivity contribution in [2.45, 2.75) is 31.9 Å². The molecule has 1 N–H and O–H groups in total. The van der Waals surface area contributed by atoms with Gasteiger partial charge in [-0.05, 0) is 49.2 Å². The van der Waals surface area contributed by atoms with Crippen LogP contribution < -0.4 is 5.48 Å². The summed E-state index contributed by atoms with van der Waals surface area (Å²) in [4.78, 5) is 14.6. The normalized spacial score (nSPS) is 11.5. The predicted molar refractivity (Wildman–Crippen MR) is 128 cm³/mol. The molecule has 170 valence electrons. The van der Waals surface area contributed by atoms with Crippen LogP contribution in [0.15, 0.2) is 78.2 Å². The summed E-state index contributed by atoms with van der Waals surface area (Å²) in [5.41, 5.74) is 10.1. The summed E-state index contributed by atoms with van der Waals surface area (Å²) >= 11 is 0. The van der Waals surface area contributed by atoms with Crippen molar-refractivity contribution in [2.24, 2.45) is 0 Å². The van der Waals surface area contributed by atoms with Crippen LogP contribution in [0.2, 0.25) is 0 Å². The van der Waals surface area contributed by atoms with E-state index in [1.807, 2.05) is 12.1 Å². The van der Waals surface area contributed by atoms with Gasteiger partial charge in [0.25, 0.3) is 0 Å². The van der Waals surface area contributed by atoms with Gasteiger partial charge in [-0.25, -0.2) is 8.42 Å². The van der Waals surface area contributed by atoms with Crippen molar-refractivity contribution in [1.29, 1.82) is 0 Å². The summed E-state index contributed by atoms with van der Waals surface area (Å²) in [6.45, 7) is 5.13. The number of hydrogen-bond acceptors (Lipinski definition) is 6. The van der Waals surface area contributed by atoms with Crippen molar-refractivity contribution in [3.63, 3.8) is 0 Å². The first kappa shape index (κ1) is 22.7. The van der Waals surface area contributed by atoms with Crippen LogP contribution in [0, 0.1) is 13.8 Å². The Morgan fingerprint density at radius 2 is 1.79 bits per heavy atom. The van der Waals surface area contributed by atoms with E-state index in [9.17, 15) is 8.42 Å². The van der Waals surface area contributed by atoms with Crippen molar-refractivity contribution < 1.29 is 13.3 Å². The molecule has 0 aliphatic carbocycles. The topological polar surface area (TPSA) is 86.1 Å². The number of aryl methyl sites for hydroxylation is 1. The van der Waals surface area contributed by atoms with E-state index >= 15 is 0 Å². The van der Waals surface area contributed by atoms with Crippen LogP contribution in [0.4, 0.5) is 5.69 Å². The summed E-state index contributed by atoms with van der Waals surface area (Å²) in [6, 6.07) is 14.8. The molecule has 0 unspecified atom stereocenters. The molecule has 0 bridgehead atoms. The van der Waals surface area contributed by atoms with Gasteiger partial charge in [-0.3, -0.25) is 20.3 Å². The molecule has 7 nitrogen and oxygen atoms in total. The summed E-state index contributed by atoms with van der Waals surface area (Å²) in [5, 5.41) is 0. The SMILES string of the molecule is Cc1ccccc1-c1c(C)c(CONc2ccc(S(C)(=O)=O)cc2)cn1Cc1cnccn1. The number of rotatable bonds is 8. The Morgan fingerprint density at radius 1 is 1.03 bits per heavy atom. The third-order valence-electron chi connectivity index (χ3n) is 5.49. The second-order valence-electron chi connectivity index (χ2n) is 7.95. The van der Waals surface area contributed by atoms with Gasteiger partial charge < -0.3 is 4.57 Å². The number of aromatic nitrogens is 3. The Bertz CT molecular complexity index is 1350. The Morgan fingerprint density at radius 3 is 2.45 bits per heavy atom. The van der Waals surface area contributed by atoms with E-state index in [0.717, 1.165) is 28.1 Å². The highest BCUT2D eigenvalue weighted by Gasteiger charge is 2.17. The minimum Gasteiger partial charge on any atom is -0.341 e. The summed E-state index contributed by atoms with van der Waals surface area (Å²) in [6.07, 6.45) is 8.41. The number of sulfone groups is 1. The first-order chi connectivity index (χ1) is 15.8. The molecular formula is C25H26N4O3S. The molecule has 0 radical (unpaired) electrons. The zero-order valence-electron chi connectivity index (χ0n) is 18.8. The lowest BCUT2D eigenvalue weighted by atomic mass is 10.0. The van der Waals surface area contributed by atoms with Gasteiger partial charge in [-0.1, -0.05) is 24.3 Å². The summed E-state index contributed by atoms with van der Waals surface area (Å²) in [7, 11) is -3.23. The smallest absolute Gasteiger partial charge is 0.175 e.